The molecule has 6 nitrogen and oxygen atoms in total. The number of rotatable bonds is 3. The van der Waals surface area contributed by atoms with Gasteiger partial charge >= 0.3 is 5.97 Å². The van der Waals surface area contributed by atoms with E-state index < -0.39 is 11.9 Å². The highest BCUT2D eigenvalue weighted by atomic mass is 35.5. The van der Waals surface area contributed by atoms with E-state index in [0.29, 0.717) is 11.7 Å². The Hall–Kier alpha value is -1.56. The third kappa shape index (κ3) is 2.20. The van der Waals surface area contributed by atoms with Crippen molar-refractivity contribution in [3.05, 3.63) is 16.4 Å². The van der Waals surface area contributed by atoms with Crippen molar-refractivity contribution in [1.82, 2.24) is 14.7 Å². The summed E-state index contributed by atoms with van der Waals surface area (Å²) in [7, 11) is 1.73. The Morgan fingerprint density at radius 1 is 1.61 bits per heavy atom. The van der Waals surface area contributed by atoms with E-state index in [1.165, 1.54) is 4.90 Å². The number of halogens is 1. The van der Waals surface area contributed by atoms with Crippen LogP contribution in [0, 0.1) is 12.8 Å². The van der Waals surface area contributed by atoms with Crippen molar-refractivity contribution >= 4 is 23.5 Å². The van der Waals surface area contributed by atoms with Gasteiger partial charge < -0.3 is 10.0 Å². The van der Waals surface area contributed by atoms with Crippen molar-refractivity contribution < 1.29 is 14.7 Å². The van der Waals surface area contributed by atoms with Gasteiger partial charge in [-0.25, -0.2) is 0 Å². The molecule has 2 heterocycles. The van der Waals surface area contributed by atoms with Gasteiger partial charge in [0.05, 0.1) is 18.2 Å². The lowest BCUT2D eigenvalue weighted by Crippen LogP contribution is -2.26. The number of likely N-dealkylation sites (tertiary alicyclic amines) is 1. The average Bonchev–Trinajstić information content (AvgIpc) is 2.76. The van der Waals surface area contributed by atoms with E-state index in [1.807, 2.05) is 6.92 Å². The van der Waals surface area contributed by atoms with Crippen LogP contribution in [-0.4, -0.2) is 38.2 Å². The first-order valence-electron chi connectivity index (χ1n) is 5.58. The number of nitrogens with zero attached hydrogens (tertiary/aromatic N) is 3. The third-order valence-electron chi connectivity index (χ3n) is 3.18. The van der Waals surface area contributed by atoms with Crippen molar-refractivity contribution in [1.29, 1.82) is 0 Å². The number of carbonyl (C=O) groups is 2. The SMILES string of the molecule is Cc1nn(C)c(Cl)c1CN1CC(C(=O)O)CC1=O. The third-order valence-corrected chi connectivity index (χ3v) is 3.66. The molecule has 2 rings (SSSR count). The van der Waals surface area contributed by atoms with E-state index in [-0.39, 0.29) is 18.9 Å². The molecule has 0 bridgehead atoms. The number of hydrogen-bond acceptors (Lipinski definition) is 3. The molecule has 1 N–H and O–H groups in total. The molecule has 98 valence electrons. The van der Waals surface area contributed by atoms with Gasteiger partial charge in [-0.15, -0.1) is 0 Å². The Morgan fingerprint density at radius 3 is 2.72 bits per heavy atom. The van der Waals surface area contributed by atoms with Gasteiger partial charge in [-0.2, -0.15) is 5.10 Å². The van der Waals surface area contributed by atoms with Gasteiger partial charge in [-0.3, -0.25) is 14.3 Å². The number of carboxylic acids is 1. The summed E-state index contributed by atoms with van der Waals surface area (Å²) in [5.41, 5.74) is 1.53. The van der Waals surface area contributed by atoms with Crippen LogP contribution in [0.15, 0.2) is 0 Å². The number of carboxylic acid groups (broad SMARTS) is 1. The summed E-state index contributed by atoms with van der Waals surface area (Å²) in [6.45, 7) is 2.37. The minimum absolute atomic E-state index is 0.0618. The van der Waals surface area contributed by atoms with Gasteiger partial charge in [-0.05, 0) is 6.92 Å². The molecule has 7 heteroatoms. The van der Waals surface area contributed by atoms with Crippen molar-refractivity contribution in [2.75, 3.05) is 6.54 Å². The fourth-order valence-electron chi connectivity index (χ4n) is 2.13. The van der Waals surface area contributed by atoms with Gasteiger partial charge in [0.25, 0.3) is 0 Å². The van der Waals surface area contributed by atoms with Crippen LogP contribution in [0.3, 0.4) is 0 Å². The summed E-state index contributed by atoms with van der Waals surface area (Å²) >= 11 is 6.09. The summed E-state index contributed by atoms with van der Waals surface area (Å²) in [6.07, 6.45) is 0.0618. The van der Waals surface area contributed by atoms with Gasteiger partial charge in [0, 0.05) is 25.6 Å². The van der Waals surface area contributed by atoms with Gasteiger partial charge in [0.2, 0.25) is 5.91 Å². The largest absolute Gasteiger partial charge is 0.481 e. The predicted octanol–water partition coefficient (Wildman–Crippen LogP) is 0.815. The monoisotopic (exact) mass is 271 g/mol. The Morgan fingerprint density at radius 2 is 2.28 bits per heavy atom. The first-order chi connectivity index (χ1) is 8.40. The molecule has 1 unspecified atom stereocenters. The summed E-state index contributed by atoms with van der Waals surface area (Å²) < 4.78 is 1.54. The maximum Gasteiger partial charge on any atom is 0.308 e. The predicted molar refractivity (Wildman–Crippen MR) is 64.1 cm³/mol. The zero-order chi connectivity index (χ0) is 13.4. The topological polar surface area (TPSA) is 75.4 Å². The number of amides is 1. The van der Waals surface area contributed by atoms with Crippen LogP contribution in [0.1, 0.15) is 17.7 Å². The summed E-state index contributed by atoms with van der Waals surface area (Å²) in [6, 6.07) is 0. The van der Waals surface area contributed by atoms with Crippen LogP contribution >= 0.6 is 11.6 Å². The second kappa shape index (κ2) is 4.61. The van der Waals surface area contributed by atoms with Gasteiger partial charge in [-0.1, -0.05) is 11.6 Å². The highest BCUT2D eigenvalue weighted by molar-refractivity contribution is 6.30. The van der Waals surface area contributed by atoms with Crippen molar-refractivity contribution in [3.8, 4) is 0 Å². The maximum atomic E-state index is 11.7. The van der Waals surface area contributed by atoms with Crippen LogP contribution in [0.5, 0.6) is 0 Å². The lowest BCUT2D eigenvalue weighted by Gasteiger charge is -2.15. The Balaban J connectivity index is 2.15. The number of carbonyl (C=O) groups excluding carboxylic acids is 1. The van der Waals surface area contributed by atoms with E-state index in [9.17, 15) is 9.59 Å². The molecular weight excluding hydrogens is 258 g/mol. The van der Waals surface area contributed by atoms with Crippen LogP contribution in [0.4, 0.5) is 0 Å². The highest BCUT2D eigenvalue weighted by Gasteiger charge is 2.34. The van der Waals surface area contributed by atoms with Crippen molar-refractivity contribution in [3.63, 3.8) is 0 Å². The molecule has 1 atom stereocenters. The van der Waals surface area contributed by atoms with Crippen LogP contribution in [0.25, 0.3) is 0 Å². The lowest BCUT2D eigenvalue weighted by atomic mass is 10.1. The van der Waals surface area contributed by atoms with Crippen LogP contribution < -0.4 is 0 Å². The van der Waals surface area contributed by atoms with E-state index in [0.717, 1.165) is 11.3 Å². The molecule has 1 aliphatic heterocycles. The van der Waals surface area contributed by atoms with E-state index in [4.69, 9.17) is 16.7 Å². The summed E-state index contributed by atoms with van der Waals surface area (Å²) in [4.78, 5) is 24.1. The van der Waals surface area contributed by atoms with Crippen molar-refractivity contribution in [2.24, 2.45) is 13.0 Å². The van der Waals surface area contributed by atoms with E-state index in [1.54, 1.807) is 11.7 Å². The Labute approximate surface area is 109 Å². The molecule has 0 aliphatic carbocycles. The number of aliphatic carboxylic acids is 1. The Bertz CT molecular complexity index is 512. The molecule has 0 spiro atoms. The Kier molecular flexibility index (Phi) is 3.30. The molecule has 1 aliphatic rings. The minimum atomic E-state index is -0.931. The van der Waals surface area contributed by atoms with Gasteiger partial charge in [0.1, 0.15) is 5.15 Å². The zero-order valence-corrected chi connectivity index (χ0v) is 10.9. The van der Waals surface area contributed by atoms with E-state index >= 15 is 0 Å². The van der Waals surface area contributed by atoms with E-state index in [2.05, 4.69) is 5.10 Å². The molecular formula is C11H14ClN3O3. The molecule has 1 saturated heterocycles. The average molecular weight is 272 g/mol. The fourth-order valence-corrected chi connectivity index (χ4v) is 2.37. The van der Waals surface area contributed by atoms with Gasteiger partial charge in [0.15, 0.2) is 0 Å². The van der Waals surface area contributed by atoms with Crippen LogP contribution in [0.2, 0.25) is 5.15 Å². The summed E-state index contributed by atoms with van der Waals surface area (Å²) in [5, 5.41) is 13.6. The molecule has 1 aromatic rings. The first kappa shape index (κ1) is 12.9. The minimum Gasteiger partial charge on any atom is -0.481 e. The number of aryl methyl sites for hydroxylation is 2. The molecule has 1 aromatic heterocycles. The van der Waals surface area contributed by atoms with Crippen molar-refractivity contribution in [2.45, 2.75) is 19.9 Å². The highest BCUT2D eigenvalue weighted by Crippen LogP contribution is 2.25. The second-order valence-corrected chi connectivity index (χ2v) is 4.85. The number of aromatic nitrogens is 2. The zero-order valence-electron chi connectivity index (χ0n) is 10.2. The quantitative estimate of drug-likeness (QED) is 0.883. The first-order valence-corrected chi connectivity index (χ1v) is 5.96. The molecule has 0 aromatic carbocycles. The smallest absolute Gasteiger partial charge is 0.308 e. The lowest BCUT2D eigenvalue weighted by molar-refractivity contribution is -0.141. The standard InChI is InChI=1S/C11H14ClN3O3/c1-6-8(10(12)14(2)13-6)5-15-4-7(11(17)18)3-9(15)16/h7H,3-5H2,1-2H3,(H,17,18). The molecule has 18 heavy (non-hydrogen) atoms. The fraction of sp³-hybridized carbons (Fsp3) is 0.545. The normalized spacial score (nSPS) is 19.6. The second-order valence-electron chi connectivity index (χ2n) is 4.49. The maximum absolute atomic E-state index is 11.7. The molecule has 1 fully saturated rings. The molecule has 0 radical (unpaired) electrons. The number of hydrogen-bond donors (Lipinski definition) is 1. The summed E-state index contributed by atoms with van der Waals surface area (Å²) in [5.74, 6) is -1.70. The van der Waals surface area contributed by atoms with Crippen LogP contribution in [-0.2, 0) is 23.2 Å². The molecule has 1 amide bonds. The molecule has 0 saturated carbocycles.